The van der Waals surface area contributed by atoms with Crippen molar-refractivity contribution in [2.75, 3.05) is 22.7 Å². The lowest BCUT2D eigenvalue weighted by Crippen LogP contribution is -2.27. The number of anilines is 2. The SMILES string of the molecule is CCCCN(CC)c1ncc(C(=O)O)cc1NS(=O)(=O)c1cccc(C)c1.O=C(O)C(F)(F)F. The monoisotopic (exact) mass is 505 g/mol. The van der Waals surface area contributed by atoms with E-state index >= 15 is 0 Å². The van der Waals surface area contributed by atoms with E-state index < -0.39 is 28.1 Å². The Morgan fingerprint density at radius 3 is 2.24 bits per heavy atom. The first-order valence-corrected chi connectivity index (χ1v) is 11.6. The molecule has 2 rings (SSSR count). The number of carboxylic acids is 2. The van der Waals surface area contributed by atoms with Crippen LogP contribution in [0.15, 0.2) is 41.4 Å². The van der Waals surface area contributed by atoms with Gasteiger partial charge in [-0.3, -0.25) is 4.72 Å². The Balaban J connectivity index is 0.000000718. The fourth-order valence-corrected chi connectivity index (χ4v) is 3.81. The molecule has 3 N–H and O–H groups in total. The first-order chi connectivity index (χ1) is 15.7. The van der Waals surface area contributed by atoms with E-state index in [1.807, 2.05) is 11.8 Å². The number of aromatic nitrogens is 1. The number of alkyl halides is 3. The summed E-state index contributed by atoms with van der Waals surface area (Å²) in [7, 11) is -3.87. The van der Waals surface area contributed by atoms with Crippen LogP contribution in [0.5, 0.6) is 0 Å². The highest BCUT2D eigenvalue weighted by Crippen LogP contribution is 2.28. The molecule has 9 nitrogen and oxygen atoms in total. The predicted molar refractivity (Wildman–Crippen MR) is 120 cm³/mol. The van der Waals surface area contributed by atoms with E-state index in [-0.39, 0.29) is 16.1 Å². The van der Waals surface area contributed by atoms with Crippen molar-refractivity contribution in [3.63, 3.8) is 0 Å². The second-order valence-corrected chi connectivity index (χ2v) is 8.74. The number of benzene rings is 1. The molecule has 188 valence electrons. The van der Waals surface area contributed by atoms with Gasteiger partial charge in [0.1, 0.15) is 0 Å². The molecule has 2 aromatic rings. The number of aryl methyl sites for hydroxylation is 1. The lowest BCUT2D eigenvalue weighted by Gasteiger charge is -2.25. The van der Waals surface area contributed by atoms with Gasteiger partial charge < -0.3 is 15.1 Å². The van der Waals surface area contributed by atoms with Crippen LogP contribution in [0, 0.1) is 6.92 Å². The zero-order chi connectivity index (χ0) is 26.1. The van der Waals surface area contributed by atoms with Gasteiger partial charge in [0.05, 0.1) is 16.1 Å². The Kier molecular flexibility index (Phi) is 10.3. The van der Waals surface area contributed by atoms with Gasteiger partial charge in [0, 0.05) is 19.3 Å². The molecule has 0 amide bonds. The Labute approximate surface area is 195 Å². The highest BCUT2D eigenvalue weighted by molar-refractivity contribution is 7.92. The Bertz CT molecular complexity index is 1110. The maximum atomic E-state index is 12.8. The number of hydrogen-bond donors (Lipinski definition) is 3. The third-order valence-electron chi connectivity index (χ3n) is 4.36. The van der Waals surface area contributed by atoms with Gasteiger partial charge in [-0.15, -0.1) is 0 Å². The molecular weight excluding hydrogens is 479 g/mol. The number of aliphatic carboxylic acids is 1. The van der Waals surface area contributed by atoms with E-state index in [1.165, 1.54) is 18.3 Å². The van der Waals surface area contributed by atoms with E-state index in [1.54, 1.807) is 25.1 Å². The van der Waals surface area contributed by atoms with E-state index in [0.29, 0.717) is 18.9 Å². The van der Waals surface area contributed by atoms with Gasteiger partial charge >= 0.3 is 18.1 Å². The van der Waals surface area contributed by atoms with Crippen molar-refractivity contribution >= 4 is 33.5 Å². The molecular formula is C21H26F3N3O6S. The molecule has 1 aromatic carbocycles. The van der Waals surface area contributed by atoms with Crippen molar-refractivity contribution in [3.05, 3.63) is 47.7 Å². The fourth-order valence-electron chi connectivity index (χ4n) is 2.65. The first kappa shape index (κ1) is 28.7. The third-order valence-corrected chi connectivity index (χ3v) is 5.73. The molecule has 1 heterocycles. The Morgan fingerprint density at radius 2 is 1.76 bits per heavy atom. The molecule has 0 aliphatic heterocycles. The maximum Gasteiger partial charge on any atom is 0.490 e. The first-order valence-electron chi connectivity index (χ1n) is 10.1. The maximum absolute atomic E-state index is 12.8. The predicted octanol–water partition coefficient (Wildman–Crippen LogP) is 4.15. The number of unbranched alkanes of at least 4 members (excludes halogenated alkanes) is 1. The molecule has 1 aromatic heterocycles. The van der Waals surface area contributed by atoms with Crippen LogP contribution in [0.3, 0.4) is 0 Å². The summed E-state index contributed by atoms with van der Waals surface area (Å²) in [5, 5.41) is 16.4. The van der Waals surface area contributed by atoms with Crippen molar-refractivity contribution in [1.29, 1.82) is 0 Å². The van der Waals surface area contributed by atoms with Gasteiger partial charge in [0.25, 0.3) is 10.0 Å². The van der Waals surface area contributed by atoms with Crippen molar-refractivity contribution in [2.24, 2.45) is 0 Å². The molecule has 0 aliphatic rings. The number of halogens is 3. The number of carbonyl (C=O) groups is 2. The summed E-state index contributed by atoms with van der Waals surface area (Å²) in [6.07, 6.45) is -1.94. The van der Waals surface area contributed by atoms with Crippen LogP contribution in [0.2, 0.25) is 0 Å². The van der Waals surface area contributed by atoms with Gasteiger partial charge in [0.15, 0.2) is 5.82 Å². The molecule has 0 aliphatic carbocycles. The topological polar surface area (TPSA) is 137 Å². The Hall–Kier alpha value is -3.35. The van der Waals surface area contributed by atoms with Gasteiger partial charge in [-0.2, -0.15) is 13.2 Å². The normalized spacial score (nSPS) is 11.2. The summed E-state index contributed by atoms with van der Waals surface area (Å²) in [6, 6.07) is 7.84. The zero-order valence-corrected chi connectivity index (χ0v) is 19.6. The summed E-state index contributed by atoms with van der Waals surface area (Å²) in [5.41, 5.74) is 0.898. The fraction of sp³-hybridized carbons (Fsp3) is 0.381. The van der Waals surface area contributed by atoms with Crippen LogP contribution in [0.25, 0.3) is 0 Å². The molecule has 0 spiro atoms. The number of sulfonamides is 1. The van der Waals surface area contributed by atoms with E-state index in [4.69, 9.17) is 9.90 Å². The van der Waals surface area contributed by atoms with Crippen molar-refractivity contribution in [3.8, 4) is 0 Å². The summed E-state index contributed by atoms with van der Waals surface area (Å²) < 4.78 is 59.9. The van der Waals surface area contributed by atoms with Crippen LogP contribution in [-0.2, 0) is 14.8 Å². The molecule has 0 fully saturated rings. The smallest absolute Gasteiger partial charge is 0.478 e. The zero-order valence-electron chi connectivity index (χ0n) is 18.8. The minimum absolute atomic E-state index is 0.0766. The van der Waals surface area contributed by atoms with Gasteiger partial charge in [-0.25, -0.2) is 23.0 Å². The quantitative estimate of drug-likeness (QED) is 0.462. The highest BCUT2D eigenvalue weighted by Gasteiger charge is 2.38. The van der Waals surface area contributed by atoms with Crippen LogP contribution in [0.1, 0.15) is 42.6 Å². The third kappa shape index (κ3) is 8.54. The molecule has 13 heteroatoms. The number of hydrogen-bond acceptors (Lipinski definition) is 6. The van der Waals surface area contributed by atoms with Crippen LogP contribution < -0.4 is 9.62 Å². The molecule has 0 radical (unpaired) electrons. The minimum Gasteiger partial charge on any atom is -0.478 e. The molecule has 0 unspecified atom stereocenters. The number of nitrogens with zero attached hydrogens (tertiary/aromatic N) is 2. The van der Waals surface area contributed by atoms with E-state index in [2.05, 4.69) is 16.6 Å². The van der Waals surface area contributed by atoms with Crippen molar-refractivity contribution in [2.45, 2.75) is 44.7 Å². The van der Waals surface area contributed by atoms with Gasteiger partial charge in [-0.05, 0) is 44.0 Å². The van der Waals surface area contributed by atoms with E-state index in [0.717, 1.165) is 18.4 Å². The number of carboxylic acid groups (broad SMARTS) is 2. The largest absolute Gasteiger partial charge is 0.490 e. The van der Waals surface area contributed by atoms with Crippen LogP contribution in [0.4, 0.5) is 24.7 Å². The highest BCUT2D eigenvalue weighted by atomic mass is 32.2. The molecule has 0 saturated carbocycles. The van der Waals surface area contributed by atoms with Crippen molar-refractivity contribution in [1.82, 2.24) is 4.98 Å². The summed E-state index contributed by atoms with van der Waals surface area (Å²) in [6.45, 7) is 7.14. The second-order valence-electron chi connectivity index (χ2n) is 7.06. The van der Waals surface area contributed by atoms with Crippen molar-refractivity contribution < 1.29 is 41.4 Å². The van der Waals surface area contributed by atoms with Crippen LogP contribution >= 0.6 is 0 Å². The lowest BCUT2D eigenvalue weighted by molar-refractivity contribution is -0.192. The van der Waals surface area contributed by atoms with E-state index in [9.17, 15) is 31.5 Å². The summed E-state index contributed by atoms with van der Waals surface area (Å²) in [5.74, 6) is -3.50. The number of aromatic carboxylic acids is 1. The summed E-state index contributed by atoms with van der Waals surface area (Å²) >= 11 is 0. The number of nitrogens with one attached hydrogen (secondary N) is 1. The minimum atomic E-state index is -5.08. The number of pyridine rings is 1. The average Bonchev–Trinajstić information content (AvgIpc) is 2.74. The van der Waals surface area contributed by atoms with Gasteiger partial charge in [-0.1, -0.05) is 25.5 Å². The average molecular weight is 506 g/mol. The second kappa shape index (κ2) is 12.2. The Morgan fingerprint density at radius 1 is 1.15 bits per heavy atom. The lowest BCUT2D eigenvalue weighted by atomic mass is 10.2. The molecule has 0 saturated heterocycles. The van der Waals surface area contributed by atoms with Gasteiger partial charge in [0.2, 0.25) is 0 Å². The molecule has 0 atom stereocenters. The summed E-state index contributed by atoms with van der Waals surface area (Å²) in [4.78, 5) is 26.5. The molecule has 34 heavy (non-hydrogen) atoms. The number of rotatable bonds is 9. The van der Waals surface area contributed by atoms with Crippen LogP contribution in [-0.4, -0.2) is 54.8 Å². The standard InChI is InChI=1S/C19H25N3O4S.C2HF3O2/c1-4-6-10-22(5-2)18-17(12-15(13-20-18)19(23)24)21-27(25,26)16-9-7-8-14(3)11-16;3-2(4,5)1(6)7/h7-9,11-13,21H,4-6,10H2,1-3H3,(H,23,24);(H,6,7). The molecule has 0 bridgehead atoms.